The Hall–Kier alpha value is -3.71. The maximum Gasteiger partial charge on any atom is 0.343 e. The van der Waals surface area contributed by atoms with Crippen molar-refractivity contribution in [3.05, 3.63) is 106 Å². The van der Waals surface area contributed by atoms with Gasteiger partial charge in [-0.2, -0.15) is 0 Å². The Bertz CT molecular complexity index is 1220. The fourth-order valence-electron chi connectivity index (χ4n) is 3.08. The molecule has 3 aromatic rings. The lowest BCUT2D eigenvalue weighted by Crippen LogP contribution is -2.27. The summed E-state index contributed by atoms with van der Waals surface area (Å²) in [6.45, 7) is 2.00. The number of aryl methyl sites for hydroxylation is 1. The van der Waals surface area contributed by atoms with Crippen LogP contribution in [0.15, 0.2) is 77.7 Å². The molecule has 0 atom stereocenters. The third-order valence-corrected chi connectivity index (χ3v) is 5.69. The summed E-state index contributed by atoms with van der Waals surface area (Å²) in [7, 11) is 0. The van der Waals surface area contributed by atoms with Gasteiger partial charge in [0.05, 0.1) is 17.0 Å². The molecule has 160 valence electrons. The van der Waals surface area contributed by atoms with E-state index in [2.05, 4.69) is 0 Å². The average Bonchev–Trinajstić information content (AvgIpc) is 3.03. The van der Waals surface area contributed by atoms with Gasteiger partial charge < -0.3 is 4.74 Å². The van der Waals surface area contributed by atoms with Gasteiger partial charge >= 0.3 is 5.97 Å². The zero-order valence-corrected chi connectivity index (χ0v) is 17.9. The van der Waals surface area contributed by atoms with E-state index < -0.39 is 17.1 Å². The number of hydrogen-bond donors (Lipinski definition) is 0. The van der Waals surface area contributed by atoms with Crippen molar-refractivity contribution >= 4 is 35.0 Å². The number of hydrogen-bond acceptors (Lipinski definition) is 5. The molecular weight excluding hydrogens is 429 g/mol. The second-order valence-electron chi connectivity index (χ2n) is 7.22. The van der Waals surface area contributed by atoms with E-state index in [1.54, 1.807) is 42.5 Å². The predicted molar refractivity (Wildman–Crippen MR) is 120 cm³/mol. The lowest BCUT2D eigenvalue weighted by molar-refractivity contribution is -0.123. The molecule has 0 aliphatic carbocycles. The monoisotopic (exact) mass is 447 g/mol. The van der Waals surface area contributed by atoms with Gasteiger partial charge in [-0.25, -0.2) is 9.18 Å². The predicted octanol–water partition coefficient (Wildman–Crippen LogP) is 5.59. The largest absolute Gasteiger partial charge is 0.423 e. The summed E-state index contributed by atoms with van der Waals surface area (Å²) >= 11 is 0.834. The smallest absolute Gasteiger partial charge is 0.343 e. The maximum atomic E-state index is 13.1. The van der Waals surface area contributed by atoms with Crippen molar-refractivity contribution < 1.29 is 23.5 Å². The number of amides is 2. The molecule has 2 amide bonds. The van der Waals surface area contributed by atoms with Gasteiger partial charge in [-0.3, -0.25) is 14.5 Å². The second kappa shape index (κ2) is 9.20. The molecule has 7 heteroatoms. The van der Waals surface area contributed by atoms with Crippen LogP contribution < -0.4 is 4.74 Å². The van der Waals surface area contributed by atoms with E-state index in [0.717, 1.165) is 22.2 Å². The molecule has 32 heavy (non-hydrogen) atoms. The number of carbonyl (C=O) groups is 3. The van der Waals surface area contributed by atoms with Gasteiger partial charge in [-0.15, -0.1) is 0 Å². The van der Waals surface area contributed by atoms with E-state index >= 15 is 0 Å². The fraction of sp³-hybridized carbons (Fsp3) is 0.0800. The SMILES string of the molecule is Cc1ccc(C(=O)Oc2cccc(/C=C3\SC(=O)N(Cc4ccc(F)cc4)C3=O)c2)cc1. The Labute approximate surface area is 188 Å². The molecule has 0 radical (unpaired) electrons. The maximum absolute atomic E-state index is 13.1. The first-order valence-electron chi connectivity index (χ1n) is 9.78. The summed E-state index contributed by atoms with van der Waals surface area (Å²) in [5.74, 6) is -0.964. The number of benzene rings is 3. The molecule has 1 fully saturated rings. The van der Waals surface area contributed by atoms with Crippen molar-refractivity contribution in [3.8, 4) is 5.75 Å². The first-order chi connectivity index (χ1) is 15.4. The van der Waals surface area contributed by atoms with E-state index in [4.69, 9.17) is 4.74 Å². The third-order valence-electron chi connectivity index (χ3n) is 4.78. The summed E-state index contributed by atoms with van der Waals surface area (Å²) in [6.07, 6.45) is 1.58. The van der Waals surface area contributed by atoms with Crippen molar-refractivity contribution in [2.24, 2.45) is 0 Å². The van der Waals surface area contributed by atoms with Crippen LogP contribution in [-0.2, 0) is 11.3 Å². The van der Waals surface area contributed by atoms with E-state index in [1.165, 1.54) is 24.3 Å². The number of nitrogens with zero attached hydrogens (tertiary/aromatic N) is 1. The topological polar surface area (TPSA) is 63.7 Å². The fourth-order valence-corrected chi connectivity index (χ4v) is 3.92. The van der Waals surface area contributed by atoms with Gasteiger partial charge in [0.2, 0.25) is 0 Å². The van der Waals surface area contributed by atoms with Gasteiger partial charge in [-0.05, 0) is 72.3 Å². The Morgan fingerprint density at radius 3 is 2.47 bits per heavy atom. The van der Waals surface area contributed by atoms with Crippen LogP contribution in [0.4, 0.5) is 9.18 Å². The standard InChI is InChI=1S/C25H18FNO4S/c1-16-5-9-19(10-6-16)24(29)31-21-4-2-3-18(13-21)14-22-23(28)27(25(30)32-22)15-17-7-11-20(26)12-8-17/h2-14H,15H2,1H3/b22-14-. The molecule has 1 aliphatic rings. The zero-order chi connectivity index (χ0) is 22.7. The highest BCUT2D eigenvalue weighted by atomic mass is 32.2. The number of rotatable bonds is 5. The summed E-state index contributed by atoms with van der Waals surface area (Å²) < 4.78 is 18.5. The third kappa shape index (κ3) is 4.95. The van der Waals surface area contributed by atoms with E-state index in [9.17, 15) is 18.8 Å². The van der Waals surface area contributed by atoms with Crippen molar-refractivity contribution in [1.29, 1.82) is 0 Å². The molecule has 0 unspecified atom stereocenters. The highest BCUT2D eigenvalue weighted by molar-refractivity contribution is 8.18. The molecule has 0 bridgehead atoms. The van der Waals surface area contributed by atoms with Gasteiger partial charge in [-0.1, -0.05) is 42.0 Å². The van der Waals surface area contributed by atoms with Gasteiger partial charge in [0.1, 0.15) is 11.6 Å². The highest BCUT2D eigenvalue weighted by Gasteiger charge is 2.35. The molecular formula is C25H18FNO4S. The molecule has 0 spiro atoms. The van der Waals surface area contributed by atoms with E-state index in [-0.39, 0.29) is 17.3 Å². The van der Waals surface area contributed by atoms with E-state index in [1.807, 2.05) is 19.1 Å². The Balaban J connectivity index is 1.48. The van der Waals surface area contributed by atoms with Crippen LogP contribution in [0.25, 0.3) is 6.08 Å². The minimum atomic E-state index is -0.484. The van der Waals surface area contributed by atoms with Crippen LogP contribution in [0.3, 0.4) is 0 Å². The van der Waals surface area contributed by atoms with Crippen LogP contribution in [0, 0.1) is 12.7 Å². The van der Waals surface area contributed by atoms with Gasteiger partial charge in [0.25, 0.3) is 11.1 Å². The molecule has 5 nitrogen and oxygen atoms in total. The molecule has 0 saturated carbocycles. The summed E-state index contributed by atoms with van der Waals surface area (Å²) in [5, 5.41) is -0.396. The van der Waals surface area contributed by atoms with Crippen molar-refractivity contribution in [2.75, 3.05) is 0 Å². The van der Waals surface area contributed by atoms with Crippen LogP contribution in [0.5, 0.6) is 5.75 Å². The molecule has 1 heterocycles. The number of ether oxygens (including phenoxy) is 1. The average molecular weight is 447 g/mol. The summed E-state index contributed by atoms with van der Waals surface area (Å²) in [5.41, 5.74) is 2.74. The van der Waals surface area contributed by atoms with Gasteiger partial charge in [0.15, 0.2) is 0 Å². The summed E-state index contributed by atoms with van der Waals surface area (Å²) in [6, 6.07) is 19.4. The first kappa shape index (κ1) is 21.5. The molecule has 1 saturated heterocycles. The lowest BCUT2D eigenvalue weighted by Gasteiger charge is -2.12. The van der Waals surface area contributed by atoms with Crippen LogP contribution >= 0.6 is 11.8 Å². The zero-order valence-electron chi connectivity index (χ0n) is 17.1. The van der Waals surface area contributed by atoms with Crippen molar-refractivity contribution in [1.82, 2.24) is 4.90 Å². The minimum Gasteiger partial charge on any atom is -0.423 e. The van der Waals surface area contributed by atoms with Crippen LogP contribution in [0.2, 0.25) is 0 Å². The second-order valence-corrected chi connectivity index (χ2v) is 8.22. The van der Waals surface area contributed by atoms with Crippen LogP contribution in [0.1, 0.15) is 27.0 Å². The van der Waals surface area contributed by atoms with Crippen LogP contribution in [-0.4, -0.2) is 22.0 Å². The Morgan fingerprint density at radius 2 is 1.75 bits per heavy atom. The number of thioether (sulfide) groups is 1. The molecule has 3 aromatic carbocycles. The molecule has 4 rings (SSSR count). The number of carbonyl (C=O) groups excluding carboxylic acids is 3. The Morgan fingerprint density at radius 1 is 1.03 bits per heavy atom. The highest BCUT2D eigenvalue weighted by Crippen LogP contribution is 2.33. The van der Waals surface area contributed by atoms with Gasteiger partial charge in [0, 0.05) is 0 Å². The van der Waals surface area contributed by atoms with E-state index in [0.29, 0.717) is 22.4 Å². The minimum absolute atomic E-state index is 0.0660. The normalized spacial score (nSPS) is 14.8. The molecule has 1 aliphatic heterocycles. The lowest BCUT2D eigenvalue weighted by atomic mass is 10.1. The Kier molecular flexibility index (Phi) is 6.18. The number of esters is 1. The first-order valence-corrected chi connectivity index (χ1v) is 10.6. The summed E-state index contributed by atoms with van der Waals surface area (Å²) in [4.78, 5) is 38.8. The quantitative estimate of drug-likeness (QED) is 0.290. The number of halogens is 1. The number of imide groups is 1. The van der Waals surface area contributed by atoms with Crippen molar-refractivity contribution in [2.45, 2.75) is 13.5 Å². The molecule has 0 N–H and O–H groups in total. The molecule has 0 aromatic heterocycles. The van der Waals surface area contributed by atoms with Crippen molar-refractivity contribution in [3.63, 3.8) is 0 Å².